The highest BCUT2D eigenvalue weighted by Gasteiger charge is 2.21. The van der Waals surface area contributed by atoms with E-state index in [0.717, 1.165) is 48.5 Å². The Labute approximate surface area is 113 Å². The van der Waals surface area contributed by atoms with Gasteiger partial charge in [-0.2, -0.15) is 5.10 Å². The average Bonchev–Trinajstić information content (AvgIpc) is 2.62. The van der Waals surface area contributed by atoms with Crippen molar-refractivity contribution in [2.45, 2.75) is 57.8 Å². The maximum absolute atomic E-state index is 6.29. The summed E-state index contributed by atoms with van der Waals surface area (Å²) >= 11 is 6.29. The minimum Gasteiger partial charge on any atom is -0.372 e. The Bertz CT molecular complexity index is 405. The number of aryl methyl sites for hydroxylation is 2. The summed E-state index contributed by atoms with van der Waals surface area (Å²) in [5.74, 6) is 0. The van der Waals surface area contributed by atoms with Crippen LogP contribution in [0.3, 0.4) is 0 Å². The lowest BCUT2D eigenvalue weighted by atomic mass is 9.93. The zero-order valence-corrected chi connectivity index (χ0v) is 11.9. The van der Waals surface area contributed by atoms with Gasteiger partial charge in [0.25, 0.3) is 0 Å². The summed E-state index contributed by atoms with van der Waals surface area (Å²) in [4.78, 5) is 0. The number of hydrogen-bond acceptors (Lipinski definition) is 3. The Morgan fingerprint density at radius 2 is 2.28 bits per heavy atom. The van der Waals surface area contributed by atoms with Crippen LogP contribution in [0.15, 0.2) is 0 Å². The Kier molecular flexibility index (Phi) is 4.65. The molecule has 18 heavy (non-hydrogen) atoms. The maximum atomic E-state index is 6.29. The molecular weight excluding hydrogens is 250 g/mol. The quantitative estimate of drug-likeness (QED) is 0.915. The zero-order valence-electron chi connectivity index (χ0n) is 11.2. The normalized spacial score (nSPS) is 24.4. The molecule has 1 aromatic heterocycles. The van der Waals surface area contributed by atoms with E-state index in [1.807, 2.05) is 11.7 Å². The van der Waals surface area contributed by atoms with Crippen molar-refractivity contribution in [3.63, 3.8) is 0 Å². The highest BCUT2D eigenvalue weighted by Crippen LogP contribution is 2.25. The van der Waals surface area contributed by atoms with Crippen LogP contribution >= 0.6 is 11.6 Å². The van der Waals surface area contributed by atoms with Crippen molar-refractivity contribution in [2.24, 2.45) is 12.8 Å². The Hall–Kier alpha value is -0.580. The molecule has 1 aromatic rings. The van der Waals surface area contributed by atoms with Gasteiger partial charge in [-0.05, 0) is 32.1 Å². The number of ether oxygens (including phenoxy) is 1. The summed E-state index contributed by atoms with van der Waals surface area (Å²) in [6.07, 6.45) is 5.45. The molecule has 2 unspecified atom stereocenters. The van der Waals surface area contributed by atoms with E-state index in [0.29, 0.717) is 6.61 Å². The molecular formula is C13H22ClN3O. The molecule has 1 aliphatic rings. The van der Waals surface area contributed by atoms with Gasteiger partial charge in [0.15, 0.2) is 0 Å². The maximum Gasteiger partial charge on any atom is 0.0903 e. The minimum atomic E-state index is 0.268. The number of halogens is 1. The second-order valence-corrected chi connectivity index (χ2v) is 5.42. The standard InChI is InChI=1S/C13H22ClN3O/c1-3-11-13(14)12(17(2)16-11)8-18-10-6-4-5-9(15)7-10/h9-10H,3-8,15H2,1-2H3. The Balaban J connectivity index is 1.95. The van der Waals surface area contributed by atoms with E-state index in [4.69, 9.17) is 22.1 Å². The Morgan fingerprint density at radius 3 is 2.89 bits per heavy atom. The van der Waals surface area contributed by atoms with Gasteiger partial charge in [-0.1, -0.05) is 18.5 Å². The van der Waals surface area contributed by atoms with Crippen molar-refractivity contribution >= 4 is 11.6 Å². The van der Waals surface area contributed by atoms with Crippen molar-refractivity contribution in [1.29, 1.82) is 0 Å². The van der Waals surface area contributed by atoms with Crippen molar-refractivity contribution in [2.75, 3.05) is 0 Å². The van der Waals surface area contributed by atoms with Gasteiger partial charge in [-0.25, -0.2) is 0 Å². The fraction of sp³-hybridized carbons (Fsp3) is 0.769. The van der Waals surface area contributed by atoms with Gasteiger partial charge in [0, 0.05) is 13.1 Å². The molecule has 102 valence electrons. The second kappa shape index (κ2) is 6.04. The third kappa shape index (κ3) is 3.05. The van der Waals surface area contributed by atoms with Gasteiger partial charge in [-0.3, -0.25) is 4.68 Å². The highest BCUT2D eigenvalue weighted by atomic mass is 35.5. The van der Waals surface area contributed by atoms with E-state index in [-0.39, 0.29) is 12.1 Å². The van der Waals surface area contributed by atoms with Crippen molar-refractivity contribution in [3.05, 3.63) is 16.4 Å². The molecule has 0 aromatic carbocycles. The van der Waals surface area contributed by atoms with Crippen molar-refractivity contribution in [3.8, 4) is 0 Å². The lowest BCUT2D eigenvalue weighted by molar-refractivity contribution is 0.00943. The number of hydrogen-bond donors (Lipinski definition) is 1. The molecule has 2 atom stereocenters. The van der Waals surface area contributed by atoms with Crippen LogP contribution in [0, 0.1) is 0 Å². The fourth-order valence-electron chi connectivity index (χ4n) is 2.51. The molecule has 1 aliphatic carbocycles. The first-order chi connectivity index (χ1) is 8.61. The van der Waals surface area contributed by atoms with Crippen LogP contribution in [-0.2, 0) is 24.8 Å². The van der Waals surface area contributed by atoms with Crippen LogP contribution in [0.2, 0.25) is 5.02 Å². The molecule has 5 heteroatoms. The zero-order chi connectivity index (χ0) is 13.1. The number of rotatable bonds is 4. The van der Waals surface area contributed by atoms with Crippen LogP contribution in [-0.4, -0.2) is 21.9 Å². The van der Waals surface area contributed by atoms with Gasteiger partial charge in [0.2, 0.25) is 0 Å². The lowest BCUT2D eigenvalue weighted by Gasteiger charge is -2.26. The molecule has 4 nitrogen and oxygen atoms in total. The van der Waals surface area contributed by atoms with E-state index in [2.05, 4.69) is 12.0 Å². The summed E-state index contributed by atoms with van der Waals surface area (Å²) in [6, 6.07) is 0.289. The second-order valence-electron chi connectivity index (χ2n) is 5.04. The Morgan fingerprint density at radius 1 is 1.50 bits per heavy atom. The first-order valence-corrected chi connectivity index (χ1v) is 7.07. The summed E-state index contributed by atoms with van der Waals surface area (Å²) in [5, 5.41) is 5.14. The van der Waals surface area contributed by atoms with Gasteiger partial charge in [-0.15, -0.1) is 0 Å². The molecule has 0 radical (unpaired) electrons. The SMILES string of the molecule is CCc1nn(C)c(COC2CCCC(N)C2)c1Cl. The van der Waals surface area contributed by atoms with Crippen LogP contribution in [0.5, 0.6) is 0 Å². The van der Waals surface area contributed by atoms with Gasteiger partial charge in [0.1, 0.15) is 0 Å². The topological polar surface area (TPSA) is 53.1 Å². The van der Waals surface area contributed by atoms with Gasteiger partial charge in [0.05, 0.1) is 29.1 Å². The van der Waals surface area contributed by atoms with Crippen molar-refractivity contribution < 1.29 is 4.74 Å². The number of nitrogens with zero attached hydrogens (tertiary/aromatic N) is 2. The summed E-state index contributed by atoms with van der Waals surface area (Å²) in [7, 11) is 1.91. The molecule has 1 fully saturated rings. The predicted octanol–water partition coefficient (Wildman–Crippen LogP) is 2.42. The van der Waals surface area contributed by atoms with E-state index in [1.165, 1.54) is 0 Å². The van der Waals surface area contributed by atoms with E-state index < -0.39 is 0 Å². The summed E-state index contributed by atoms with van der Waals surface area (Å²) in [5.41, 5.74) is 7.86. The molecule has 0 saturated heterocycles. The molecule has 1 heterocycles. The number of aromatic nitrogens is 2. The van der Waals surface area contributed by atoms with Gasteiger partial charge >= 0.3 is 0 Å². The van der Waals surface area contributed by atoms with Crippen LogP contribution in [0.4, 0.5) is 0 Å². The third-order valence-corrected chi connectivity index (χ3v) is 4.06. The van der Waals surface area contributed by atoms with Crippen molar-refractivity contribution in [1.82, 2.24) is 9.78 Å². The summed E-state index contributed by atoms with van der Waals surface area (Å²) in [6.45, 7) is 2.58. The molecule has 1 saturated carbocycles. The third-order valence-electron chi connectivity index (χ3n) is 3.63. The smallest absolute Gasteiger partial charge is 0.0903 e. The largest absolute Gasteiger partial charge is 0.372 e. The van der Waals surface area contributed by atoms with E-state index in [9.17, 15) is 0 Å². The van der Waals surface area contributed by atoms with E-state index in [1.54, 1.807) is 0 Å². The lowest BCUT2D eigenvalue weighted by Crippen LogP contribution is -2.32. The number of nitrogens with two attached hydrogens (primary N) is 1. The summed E-state index contributed by atoms with van der Waals surface area (Å²) < 4.78 is 7.76. The van der Waals surface area contributed by atoms with Crippen LogP contribution < -0.4 is 5.73 Å². The predicted molar refractivity (Wildman–Crippen MR) is 72.6 cm³/mol. The average molecular weight is 272 g/mol. The van der Waals surface area contributed by atoms with Crippen LogP contribution in [0.25, 0.3) is 0 Å². The molecule has 0 spiro atoms. The molecule has 0 aliphatic heterocycles. The van der Waals surface area contributed by atoms with E-state index >= 15 is 0 Å². The minimum absolute atomic E-state index is 0.268. The molecule has 2 N–H and O–H groups in total. The monoisotopic (exact) mass is 271 g/mol. The fourth-order valence-corrected chi connectivity index (χ4v) is 2.85. The highest BCUT2D eigenvalue weighted by molar-refractivity contribution is 6.31. The first-order valence-electron chi connectivity index (χ1n) is 6.69. The molecule has 2 rings (SSSR count). The first kappa shape index (κ1) is 13.8. The molecule has 0 bridgehead atoms. The molecule has 0 amide bonds. The van der Waals surface area contributed by atoms with Crippen LogP contribution in [0.1, 0.15) is 44.0 Å². The van der Waals surface area contributed by atoms with Gasteiger partial charge < -0.3 is 10.5 Å².